The molecule has 1 N–H and O–H groups in total. The molecule has 0 atom stereocenters. The molecule has 0 amide bonds. The lowest BCUT2D eigenvalue weighted by Crippen LogP contribution is -2.19. The van der Waals surface area contributed by atoms with Crippen molar-refractivity contribution >= 4 is 0 Å². The molecule has 0 unspecified atom stereocenters. The molecular weight excluding hydrogens is 260 g/mol. The van der Waals surface area contributed by atoms with Gasteiger partial charge in [-0.25, -0.2) is 4.68 Å². The second kappa shape index (κ2) is 5.75. The number of methoxy groups -OCH3 is 2. The van der Waals surface area contributed by atoms with E-state index in [-0.39, 0.29) is 11.1 Å². The predicted molar refractivity (Wildman–Crippen MR) is 73.6 cm³/mol. The number of ether oxygens (including phenoxy) is 2. The SMILES string of the molecule is COc1ccc(-n2nc(CO)c(=O)cc2C)c(OC)c1. The zero-order chi connectivity index (χ0) is 14.7. The average Bonchev–Trinajstić information content (AvgIpc) is 2.47. The molecule has 0 aliphatic carbocycles. The van der Waals surface area contributed by atoms with E-state index in [0.717, 1.165) is 0 Å². The molecule has 6 heteroatoms. The second-order valence-electron chi connectivity index (χ2n) is 4.20. The highest BCUT2D eigenvalue weighted by molar-refractivity contribution is 5.51. The zero-order valence-corrected chi connectivity index (χ0v) is 11.6. The molecule has 0 aliphatic heterocycles. The standard InChI is InChI=1S/C14H16N2O4/c1-9-6-13(18)11(8-17)15-16(9)12-5-4-10(19-2)7-14(12)20-3/h4-7,17H,8H2,1-3H3. The molecule has 0 radical (unpaired) electrons. The van der Waals surface area contributed by atoms with Crippen LogP contribution in [0.25, 0.3) is 5.69 Å². The molecule has 2 aromatic rings. The number of aromatic nitrogens is 2. The van der Waals surface area contributed by atoms with Crippen molar-refractivity contribution in [2.75, 3.05) is 14.2 Å². The van der Waals surface area contributed by atoms with Crippen molar-refractivity contribution in [3.05, 3.63) is 45.9 Å². The molecule has 1 aromatic heterocycles. The lowest BCUT2D eigenvalue weighted by Gasteiger charge is -2.14. The first kappa shape index (κ1) is 14.1. The summed E-state index contributed by atoms with van der Waals surface area (Å²) in [7, 11) is 3.12. The van der Waals surface area contributed by atoms with Gasteiger partial charge in [-0.1, -0.05) is 0 Å². The maximum absolute atomic E-state index is 11.6. The van der Waals surface area contributed by atoms with Crippen molar-refractivity contribution in [2.45, 2.75) is 13.5 Å². The Bertz CT molecular complexity index is 679. The molecule has 106 valence electrons. The predicted octanol–water partition coefficient (Wildman–Crippen LogP) is 1.05. The fourth-order valence-corrected chi connectivity index (χ4v) is 1.90. The van der Waals surface area contributed by atoms with Gasteiger partial charge in [0.25, 0.3) is 0 Å². The van der Waals surface area contributed by atoms with Crippen molar-refractivity contribution in [3.63, 3.8) is 0 Å². The van der Waals surface area contributed by atoms with Crippen LogP contribution in [0.5, 0.6) is 11.5 Å². The number of hydrogen-bond acceptors (Lipinski definition) is 5. The molecule has 2 rings (SSSR count). The van der Waals surface area contributed by atoms with Crippen molar-refractivity contribution < 1.29 is 14.6 Å². The third-order valence-corrected chi connectivity index (χ3v) is 2.94. The number of aliphatic hydroxyl groups is 1. The van der Waals surface area contributed by atoms with Crippen molar-refractivity contribution in [1.29, 1.82) is 0 Å². The fourth-order valence-electron chi connectivity index (χ4n) is 1.90. The minimum absolute atomic E-state index is 0.0912. The largest absolute Gasteiger partial charge is 0.497 e. The molecule has 0 saturated heterocycles. The van der Waals surface area contributed by atoms with Crippen LogP contribution in [0.4, 0.5) is 0 Å². The van der Waals surface area contributed by atoms with E-state index in [9.17, 15) is 4.79 Å². The molecule has 6 nitrogen and oxygen atoms in total. The topological polar surface area (TPSA) is 73.6 Å². The summed E-state index contributed by atoms with van der Waals surface area (Å²) in [6.07, 6.45) is 0. The van der Waals surface area contributed by atoms with Gasteiger partial charge in [0.1, 0.15) is 22.9 Å². The Kier molecular flexibility index (Phi) is 4.05. The fraction of sp³-hybridized carbons (Fsp3) is 0.286. The number of aliphatic hydroxyl groups excluding tert-OH is 1. The van der Waals surface area contributed by atoms with Gasteiger partial charge in [-0.2, -0.15) is 5.10 Å². The van der Waals surface area contributed by atoms with E-state index < -0.39 is 6.61 Å². The monoisotopic (exact) mass is 276 g/mol. The highest BCUT2D eigenvalue weighted by atomic mass is 16.5. The summed E-state index contributed by atoms with van der Waals surface area (Å²) in [5, 5.41) is 13.3. The van der Waals surface area contributed by atoms with Crippen molar-refractivity contribution in [3.8, 4) is 17.2 Å². The van der Waals surface area contributed by atoms with Crippen LogP contribution in [0.1, 0.15) is 11.4 Å². The number of rotatable bonds is 4. The molecule has 20 heavy (non-hydrogen) atoms. The number of benzene rings is 1. The van der Waals surface area contributed by atoms with Gasteiger partial charge in [-0.15, -0.1) is 0 Å². The summed E-state index contributed by atoms with van der Waals surface area (Å²) in [5.41, 5.74) is 1.12. The maximum atomic E-state index is 11.6. The van der Waals surface area contributed by atoms with Gasteiger partial charge in [-0.05, 0) is 19.1 Å². The minimum atomic E-state index is -0.405. The molecule has 0 aliphatic rings. The maximum Gasteiger partial charge on any atom is 0.206 e. The zero-order valence-electron chi connectivity index (χ0n) is 11.6. The first-order chi connectivity index (χ1) is 9.60. The van der Waals surface area contributed by atoms with Gasteiger partial charge < -0.3 is 14.6 Å². The van der Waals surface area contributed by atoms with Gasteiger partial charge in [0.2, 0.25) is 5.43 Å². The summed E-state index contributed by atoms with van der Waals surface area (Å²) >= 11 is 0. The average molecular weight is 276 g/mol. The smallest absolute Gasteiger partial charge is 0.206 e. The van der Waals surface area contributed by atoms with E-state index in [0.29, 0.717) is 22.9 Å². The highest BCUT2D eigenvalue weighted by Crippen LogP contribution is 2.27. The van der Waals surface area contributed by atoms with Gasteiger partial charge in [0, 0.05) is 17.8 Å². The summed E-state index contributed by atoms with van der Waals surface area (Å²) in [6.45, 7) is 1.36. The van der Waals surface area contributed by atoms with Crippen LogP contribution in [0, 0.1) is 6.92 Å². The quantitative estimate of drug-likeness (QED) is 0.903. The number of hydrogen-bond donors (Lipinski definition) is 1. The first-order valence-corrected chi connectivity index (χ1v) is 6.03. The van der Waals surface area contributed by atoms with Gasteiger partial charge in [0.05, 0.1) is 20.8 Å². The molecule has 1 aromatic carbocycles. The Morgan fingerprint density at radius 1 is 1.25 bits per heavy atom. The summed E-state index contributed by atoms with van der Waals surface area (Å²) in [5.74, 6) is 1.22. The van der Waals surface area contributed by atoms with Crippen LogP contribution in [0.3, 0.4) is 0 Å². The first-order valence-electron chi connectivity index (χ1n) is 6.03. The van der Waals surface area contributed by atoms with Gasteiger partial charge >= 0.3 is 0 Å². The molecule has 0 spiro atoms. The molecule has 0 fully saturated rings. The molecule has 0 saturated carbocycles. The van der Waals surface area contributed by atoms with Crippen LogP contribution < -0.4 is 14.9 Å². The Labute approximate surface area is 116 Å². The minimum Gasteiger partial charge on any atom is -0.497 e. The van der Waals surface area contributed by atoms with Gasteiger partial charge in [0.15, 0.2) is 0 Å². The second-order valence-corrected chi connectivity index (χ2v) is 4.20. The Morgan fingerprint density at radius 2 is 2.00 bits per heavy atom. The summed E-state index contributed by atoms with van der Waals surface area (Å²) in [4.78, 5) is 11.6. The lowest BCUT2D eigenvalue weighted by atomic mass is 10.2. The van der Waals surface area contributed by atoms with E-state index in [2.05, 4.69) is 5.10 Å². The molecule has 0 bridgehead atoms. The van der Waals surface area contributed by atoms with E-state index in [4.69, 9.17) is 14.6 Å². The highest BCUT2D eigenvalue weighted by Gasteiger charge is 2.12. The van der Waals surface area contributed by atoms with Crippen molar-refractivity contribution in [1.82, 2.24) is 9.78 Å². The van der Waals surface area contributed by atoms with Crippen molar-refractivity contribution in [2.24, 2.45) is 0 Å². The number of nitrogens with zero attached hydrogens (tertiary/aromatic N) is 2. The molecular formula is C14H16N2O4. The molecule has 1 heterocycles. The Morgan fingerprint density at radius 3 is 2.60 bits per heavy atom. The summed E-state index contributed by atoms with van der Waals surface area (Å²) < 4.78 is 12.0. The van der Waals surface area contributed by atoms with Crippen LogP contribution >= 0.6 is 0 Å². The van der Waals surface area contributed by atoms with E-state index >= 15 is 0 Å². The van der Waals surface area contributed by atoms with Crippen LogP contribution in [-0.4, -0.2) is 29.1 Å². The third-order valence-electron chi connectivity index (χ3n) is 2.94. The van der Waals surface area contributed by atoms with E-state index in [1.165, 1.54) is 6.07 Å². The van der Waals surface area contributed by atoms with Crippen LogP contribution in [0.15, 0.2) is 29.1 Å². The van der Waals surface area contributed by atoms with Gasteiger partial charge in [-0.3, -0.25) is 4.79 Å². The Balaban J connectivity index is 2.64. The summed E-state index contributed by atoms with van der Waals surface area (Å²) in [6, 6.07) is 6.72. The van der Waals surface area contributed by atoms with E-state index in [1.807, 2.05) is 0 Å². The van der Waals surface area contributed by atoms with Crippen LogP contribution in [-0.2, 0) is 6.61 Å². The van der Waals surface area contributed by atoms with E-state index in [1.54, 1.807) is 44.0 Å². The third kappa shape index (κ3) is 2.50. The lowest BCUT2D eigenvalue weighted by molar-refractivity contribution is 0.272. The normalized spacial score (nSPS) is 10.4. The van der Waals surface area contributed by atoms with Crippen LogP contribution in [0.2, 0.25) is 0 Å². The Hall–Kier alpha value is -2.34. The number of aryl methyl sites for hydroxylation is 1.